The third-order valence-corrected chi connectivity index (χ3v) is 13.8. The predicted octanol–water partition coefficient (Wildman–Crippen LogP) is 5.75. The van der Waals surface area contributed by atoms with Gasteiger partial charge in [0.15, 0.2) is 0 Å². The SMILES string of the molecule is CC/C=[CH]/[Sn](/[CH]=C/CC)(/[CH]=C/CC)[CH2]CCC. The van der Waals surface area contributed by atoms with Gasteiger partial charge in [-0.15, -0.1) is 0 Å². The van der Waals surface area contributed by atoms with Crippen molar-refractivity contribution in [1.82, 2.24) is 0 Å². The van der Waals surface area contributed by atoms with Gasteiger partial charge in [0, 0.05) is 0 Å². The summed E-state index contributed by atoms with van der Waals surface area (Å²) in [6.07, 6.45) is 13.4. The molecule has 0 saturated carbocycles. The summed E-state index contributed by atoms with van der Waals surface area (Å²) in [5.41, 5.74) is 0. The van der Waals surface area contributed by atoms with Gasteiger partial charge in [-0.3, -0.25) is 0 Å². The van der Waals surface area contributed by atoms with Crippen molar-refractivity contribution in [3.05, 3.63) is 30.5 Å². The van der Waals surface area contributed by atoms with Crippen LogP contribution in [0.2, 0.25) is 4.44 Å². The van der Waals surface area contributed by atoms with E-state index in [1.807, 2.05) is 0 Å². The van der Waals surface area contributed by atoms with Gasteiger partial charge in [0.1, 0.15) is 0 Å². The summed E-state index contributed by atoms with van der Waals surface area (Å²) < 4.78 is 9.24. The first-order chi connectivity index (χ1) is 8.24. The van der Waals surface area contributed by atoms with E-state index in [0.29, 0.717) is 0 Å². The Hall–Kier alpha value is 0.0187. The second kappa shape index (κ2) is 11.1. The molecule has 0 aliphatic heterocycles. The zero-order valence-electron chi connectivity index (χ0n) is 12.2. The van der Waals surface area contributed by atoms with Gasteiger partial charge < -0.3 is 0 Å². The fourth-order valence-electron chi connectivity index (χ4n) is 1.91. The van der Waals surface area contributed by atoms with Gasteiger partial charge in [-0.1, -0.05) is 0 Å². The molecule has 0 aliphatic carbocycles. The van der Waals surface area contributed by atoms with Crippen LogP contribution in [0.5, 0.6) is 0 Å². The van der Waals surface area contributed by atoms with E-state index in [1.165, 1.54) is 36.5 Å². The van der Waals surface area contributed by atoms with Gasteiger partial charge in [0.25, 0.3) is 0 Å². The van der Waals surface area contributed by atoms with Gasteiger partial charge in [-0.25, -0.2) is 0 Å². The van der Waals surface area contributed by atoms with Crippen LogP contribution in [0, 0.1) is 0 Å². The van der Waals surface area contributed by atoms with Gasteiger partial charge in [-0.2, -0.15) is 0 Å². The van der Waals surface area contributed by atoms with E-state index >= 15 is 0 Å². The fourth-order valence-corrected chi connectivity index (χ4v) is 12.8. The van der Waals surface area contributed by atoms with Crippen molar-refractivity contribution in [2.24, 2.45) is 0 Å². The van der Waals surface area contributed by atoms with Crippen molar-refractivity contribution in [2.75, 3.05) is 0 Å². The summed E-state index contributed by atoms with van der Waals surface area (Å²) in [6, 6.07) is 0. The quantitative estimate of drug-likeness (QED) is 0.468. The number of hydrogen-bond acceptors (Lipinski definition) is 0. The fraction of sp³-hybridized carbons (Fsp3) is 0.625. The Balaban J connectivity index is 4.96. The molecule has 0 atom stereocenters. The van der Waals surface area contributed by atoms with E-state index in [9.17, 15) is 0 Å². The van der Waals surface area contributed by atoms with Crippen LogP contribution < -0.4 is 0 Å². The molecular formula is C16H30Sn. The molecule has 0 bridgehead atoms. The molecule has 0 saturated heterocycles. The van der Waals surface area contributed by atoms with Crippen LogP contribution in [0.15, 0.2) is 30.5 Å². The van der Waals surface area contributed by atoms with Crippen LogP contribution in [0.3, 0.4) is 0 Å². The van der Waals surface area contributed by atoms with Crippen LogP contribution >= 0.6 is 0 Å². The molecule has 98 valence electrons. The first kappa shape index (κ1) is 17.0. The monoisotopic (exact) mass is 342 g/mol. The van der Waals surface area contributed by atoms with Crippen LogP contribution in [-0.2, 0) is 0 Å². The molecule has 0 spiro atoms. The Bertz CT molecular complexity index is 212. The summed E-state index contributed by atoms with van der Waals surface area (Å²) >= 11 is -2.23. The van der Waals surface area contributed by atoms with E-state index in [1.54, 1.807) is 0 Å². The Morgan fingerprint density at radius 1 is 0.706 bits per heavy atom. The third-order valence-electron chi connectivity index (χ3n) is 2.95. The summed E-state index contributed by atoms with van der Waals surface area (Å²) in [5, 5.41) is 0. The second-order valence-electron chi connectivity index (χ2n) is 4.65. The molecule has 0 fully saturated rings. The summed E-state index contributed by atoms with van der Waals surface area (Å²) in [6.45, 7) is 9.01. The standard InChI is InChI=1S/C4H9.3C4H7.Sn/c4*1-3-4-2;/h1,3-4H2,2H3;3*1,3H,4H2,2H3;. The van der Waals surface area contributed by atoms with Gasteiger partial charge >= 0.3 is 113 Å². The minimum absolute atomic E-state index is 1.17. The Kier molecular flexibility index (Phi) is 11.1. The number of unbranched alkanes of at least 4 members (excludes halogenated alkanes) is 1. The number of hydrogen-bond donors (Lipinski definition) is 0. The molecule has 1 heteroatoms. The van der Waals surface area contributed by atoms with E-state index < -0.39 is 18.4 Å². The van der Waals surface area contributed by atoms with Crippen LogP contribution in [0.4, 0.5) is 0 Å². The zero-order valence-corrected chi connectivity index (χ0v) is 15.1. The van der Waals surface area contributed by atoms with Gasteiger partial charge in [-0.05, 0) is 0 Å². The van der Waals surface area contributed by atoms with Gasteiger partial charge in [0.2, 0.25) is 0 Å². The molecule has 0 aromatic rings. The molecule has 0 aliphatic rings. The summed E-state index contributed by atoms with van der Waals surface area (Å²) in [4.78, 5) is 0. The van der Waals surface area contributed by atoms with Crippen molar-refractivity contribution in [1.29, 1.82) is 0 Å². The van der Waals surface area contributed by atoms with Gasteiger partial charge in [0.05, 0.1) is 0 Å². The van der Waals surface area contributed by atoms with Crippen LogP contribution in [-0.4, -0.2) is 18.4 Å². The molecule has 0 radical (unpaired) electrons. The minimum atomic E-state index is -2.23. The Morgan fingerprint density at radius 2 is 1.12 bits per heavy atom. The molecule has 17 heavy (non-hydrogen) atoms. The van der Waals surface area contributed by atoms with Crippen LogP contribution in [0.1, 0.15) is 59.8 Å². The van der Waals surface area contributed by atoms with Crippen molar-refractivity contribution in [3.63, 3.8) is 0 Å². The van der Waals surface area contributed by atoms with E-state index in [0.717, 1.165) is 0 Å². The zero-order chi connectivity index (χ0) is 13.0. The molecular weight excluding hydrogens is 311 g/mol. The normalized spacial score (nSPS) is 13.4. The molecule has 0 heterocycles. The Morgan fingerprint density at radius 3 is 1.41 bits per heavy atom. The maximum absolute atomic E-state index is 2.60. The second-order valence-corrected chi connectivity index (χ2v) is 15.3. The van der Waals surface area contributed by atoms with Crippen molar-refractivity contribution in [2.45, 2.75) is 64.2 Å². The topological polar surface area (TPSA) is 0 Å². The van der Waals surface area contributed by atoms with E-state index in [4.69, 9.17) is 0 Å². The van der Waals surface area contributed by atoms with E-state index in [-0.39, 0.29) is 0 Å². The van der Waals surface area contributed by atoms with Crippen molar-refractivity contribution in [3.8, 4) is 0 Å². The summed E-state index contributed by atoms with van der Waals surface area (Å²) in [5.74, 6) is 0. The number of allylic oxidation sites excluding steroid dienone is 3. The van der Waals surface area contributed by atoms with Crippen LogP contribution in [0.25, 0.3) is 0 Å². The van der Waals surface area contributed by atoms with Crippen molar-refractivity contribution >= 4 is 18.4 Å². The molecule has 0 nitrogen and oxygen atoms in total. The summed E-state index contributed by atoms with van der Waals surface area (Å²) in [7, 11) is 0. The number of rotatable bonds is 9. The Labute approximate surface area is 113 Å². The molecule has 0 rings (SSSR count). The molecule has 0 aromatic heterocycles. The maximum atomic E-state index is 2.60. The average Bonchev–Trinajstić information content (AvgIpc) is 2.37. The first-order valence-electron chi connectivity index (χ1n) is 7.27. The molecule has 0 amide bonds. The van der Waals surface area contributed by atoms with E-state index in [2.05, 4.69) is 58.2 Å². The molecule has 0 aromatic carbocycles. The predicted molar refractivity (Wildman–Crippen MR) is 83.8 cm³/mol. The third kappa shape index (κ3) is 7.86. The van der Waals surface area contributed by atoms with Crippen molar-refractivity contribution < 1.29 is 0 Å². The molecule has 0 unspecified atom stereocenters. The average molecular weight is 341 g/mol. The first-order valence-corrected chi connectivity index (χ1v) is 14.2. The molecule has 0 N–H and O–H groups in total.